The fourth-order valence-electron chi connectivity index (χ4n) is 1.81. The van der Waals surface area contributed by atoms with Crippen molar-refractivity contribution in [3.63, 3.8) is 0 Å². The smallest absolute Gasteiger partial charge is 0.335 e. The molecule has 0 aromatic carbocycles. The third kappa shape index (κ3) is 4.71. The molecule has 1 atom stereocenters. The van der Waals surface area contributed by atoms with Gasteiger partial charge in [0, 0.05) is 12.6 Å². The van der Waals surface area contributed by atoms with Gasteiger partial charge in [0.15, 0.2) is 0 Å². The Hall–Kier alpha value is -1.62. The van der Waals surface area contributed by atoms with Gasteiger partial charge in [-0.05, 0) is 25.3 Å². The molecule has 0 spiro atoms. The van der Waals surface area contributed by atoms with Gasteiger partial charge in [0.05, 0.1) is 11.2 Å². The minimum absolute atomic E-state index is 0.156. The zero-order valence-corrected chi connectivity index (χ0v) is 10.9. The molecule has 18 heavy (non-hydrogen) atoms. The molecule has 0 fully saturated rings. The molecule has 100 valence electrons. The van der Waals surface area contributed by atoms with Gasteiger partial charge >= 0.3 is 5.63 Å². The molecule has 0 saturated carbocycles. The summed E-state index contributed by atoms with van der Waals surface area (Å²) >= 11 is 0. The van der Waals surface area contributed by atoms with E-state index >= 15 is 0 Å². The summed E-state index contributed by atoms with van der Waals surface area (Å²) in [4.78, 5) is 22.4. The summed E-state index contributed by atoms with van der Waals surface area (Å²) in [5, 5.41) is 12.6. The summed E-state index contributed by atoms with van der Waals surface area (Å²) in [5.74, 6) is -0.0329. The normalized spacial score (nSPS) is 14.3. The van der Waals surface area contributed by atoms with Crippen LogP contribution in [0.3, 0.4) is 0 Å². The lowest BCUT2D eigenvalue weighted by molar-refractivity contribution is 0.0368. The van der Waals surface area contributed by atoms with Crippen LogP contribution >= 0.6 is 0 Å². The second-order valence-corrected chi connectivity index (χ2v) is 5.12. The van der Waals surface area contributed by atoms with Crippen molar-refractivity contribution in [2.75, 3.05) is 6.54 Å². The van der Waals surface area contributed by atoms with Crippen molar-refractivity contribution >= 4 is 5.91 Å². The molecule has 1 heterocycles. The van der Waals surface area contributed by atoms with Gasteiger partial charge in [0.2, 0.25) is 0 Å². The number of aliphatic hydroxyl groups is 1. The van der Waals surface area contributed by atoms with E-state index in [9.17, 15) is 14.7 Å². The van der Waals surface area contributed by atoms with Crippen molar-refractivity contribution in [1.82, 2.24) is 5.32 Å². The minimum atomic E-state index is -0.945. The summed E-state index contributed by atoms with van der Waals surface area (Å²) in [6.07, 6.45) is 1.70. The van der Waals surface area contributed by atoms with Gasteiger partial charge in [0.1, 0.15) is 6.26 Å². The van der Waals surface area contributed by atoms with Gasteiger partial charge in [-0.25, -0.2) is 4.79 Å². The molecule has 1 amide bonds. The Morgan fingerprint density at radius 3 is 2.67 bits per heavy atom. The molecule has 0 aliphatic heterocycles. The maximum Gasteiger partial charge on any atom is 0.335 e. The van der Waals surface area contributed by atoms with Crippen LogP contribution in [-0.4, -0.2) is 23.2 Å². The average Bonchev–Trinajstić information content (AvgIpc) is 2.25. The first-order chi connectivity index (χ1) is 8.30. The Morgan fingerprint density at radius 1 is 1.50 bits per heavy atom. The standard InChI is InChI=1S/C13H19NO4/c1-9(2)6-13(3,17)8-14-12(16)10-4-5-11(15)18-7-10/h4-5,7,9,17H,6,8H2,1-3H3,(H,14,16). The molecule has 0 aliphatic carbocycles. The number of nitrogens with one attached hydrogen (secondary N) is 1. The van der Waals surface area contributed by atoms with Crippen LogP contribution in [0.2, 0.25) is 0 Å². The maximum atomic E-state index is 11.7. The summed E-state index contributed by atoms with van der Waals surface area (Å²) in [5.41, 5.74) is -1.19. The van der Waals surface area contributed by atoms with Crippen LogP contribution in [0.25, 0.3) is 0 Å². The molecule has 1 unspecified atom stereocenters. The highest BCUT2D eigenvalue weighted by atomic mass is 16.4. The molecule has 2 N–H and O–H groups in total. The predicted octanol–water partition coefficient (Wildman–Crippen LogP) is 1.17. The number of amides is 1. The van der Waals surface area contributed by atoms with Crippen LogP contribution in [0, 0.1) is 5.92 Å². The highest BCUT2D eigenvalue weighted by Crippen LogP contribution is 2.15. The lowest BCUT2D eigenvalue weighted by atomic mass is 9.94. The largest absolute Gasteiger partial charge is 0.430 e. The second-order valence-electron chi connectivity index (χ2n) is 5.12. The second kappa shape index (κ2) is 5.82. The van der Waals surface area contributed by atoms with Crippen molar-refractivity contribution in [1.29, 1.82) is 0 Å². The molecule has 5 heteroatoms. The van der Waals surface area contributed by atoms with E-state index in [1.807, 2.05) is 13.8 Å². The van der Waals surface area contributed by atoms with Gasteiger partial charge in [0.25, 0.3) is 5.91 Å². The first-order valence-electron chi connectivity index (χ1n) is 5.89. The van der Waals surface area contributed by atoms with E-state index in [0.29, 0.717) is 12.3 Å². The number of rotatable bonds is 5. The number of carbonyl (C=O) groups is 1. The zero-order valence-electron chi connectivity index (χ0n) is 10.9. The van der Waals surface area contributed by atoms with Crippen molar-refractivity contribution in [2.24, 2.45) is 5.92 Å². The van der Waals surface area contributed by atoms with E-state index in [1.54, 1.807) is 6.92 Å². The molecule has 0 saturated heterocycles. The van der Waals surface area contributed by atoms with Gasteiger partial charge in [-0.3, -0.25) is 4.79 Å². The number of hydrogen-bond donors (Lipinski definition) is 2. The molecule has 5 nitrogen and oxygen atoms in total. The summed E-state index contributed by atoms with van der Waals surface area (Å²) in [6.45, 7) is 5.84. The van der Waals surface area contributed by atoms with Crippen LogP contribution < -0.4 is 10.9 Å². The number of carbonyl (C=O) groups excluding carboxylic acids is 1. The van der Waals surface area contributed by atoms with Crippen LogP contribution in [-0.2, 0) is 0 Å². The quantitative estimate of drug-likeness (QED) is 0.825. The topological polar surface area (TPSA) is 79.5 Å². The first-order valence-corrected chi connectivity index (χ1v) is 5.89. The van der Waals surface area contributed by atoms with E-state index in [0.717, 1.165) is 6.26 Å². The SMILES string of the molecule is CC(C)CC(C)(O)CNC(=O)c1ccc(=O)oc1. The Labute approximate surface area is 106 Å². The summed E-state index contributed by atoms with van der Waals surface area (Å²) < 4.78 is 4.60. The molecule has 0 aliphatic rings. The minimum Gasteiger partial charge on any atom is -0.430 e. The van der Waals surface area contributed by atoms with Crippen LogP contribution in [0.5, 0.6) is 0 Å². The van der Waals surface area contributed by atoms with E-state index in [4.69, 9.17) is 0 Å². The van der Waals surface area contributed by atoms with Crippen molar-refractivity contribution in [3.8, 4) is 0 Å². The molecule has 0 radical (unpaired) electrons. The lowest BCUT2D eigenvalue weighted by Crippen LogP contribution is -2.41. The third-order valence-electron chi connectivity index (χ3n) is 2.44. The summed E-state index contributed by atoms with van der Waals surface area (Å²) in [7, 11) is 0. The number of hydrogen-bond acceptors (Lipinski definition) is 4. The summed E-state index contributed by atoms with van der Waals surface area (Å²) in [6, 6.07) is 2.57. The van der Waals surface area contributed by atoms with Crippen molar-refractivity contribution in [2.45, 2.75) is 32.8 Å². The highest BCUT2D eigenvalue weighted by Gasteiger charge is 2.22. The van der Waals surface area contributed by atoms with Gasteiger partial charge in [-0.1, -0.05) is 13.8 Å². The average molecular weight is 253 g/mol. The van der Waals surface area contributed by atoms with Crippen LogP contribution in [0.4, 0.5) is 0 Å². The van der Waals surface area contributed by atoms with Gasteiger partial charge < -0.3 is 14.8 Å². The monoisotopic (exact) mass is 253 g/mol. The van der Waals surface area contributed by atoms with Crippen LogP contribution in [0.15, 0.2) is 27.6 Å². The highest BCUT2D eigenvalue weighted by molar-refractivity contribution is 5.93. The van der Waals surface area contributed by atoms with Gasteiger partial charge in [-0.2, -0.15) is 0 Å². The fraction of sp³-hybridized carbons (Fsp3) is 0.538. The van der Waals surface area contributed by atoms with Crippen LogP contribution in [0.1, 0.15) is 37.6 Å². The van der Waals surface area contributed by atoms with E-state index < -0.39 is 11.2 Å². The molecule has 1 rings (SSSR count). The zero-order chi connectivity index (χ0) is 13.8. The van der Waals surface area contributed by atoms with Crippen molar-refractivity contribution in [3.05, 3.63) is 34.4 Å². The lowest BCUT2D eigenvalue weighted by Gasteiger charge is -2.25. The fourth-order valence-corrected chi connectivity index (χ4v) is 1.81. The van der Waals surface area contributed by atoms with E-state index in [-0.39, 0.29) is 18.0 Å². The molecular weight excluding hydrogens is 234 g/mol. The van der Waals surface area contributed by atoms with Gasteiger partial charge in [-0.15, -0.1) is 0 Å². The first kappa shape index (κ1) is 14.4. The van der Waals surface area contributed by atoms with E-state index in [2.05, 4.69) is 9.73 Å². The maximum absolute atomic E-state index is 11.7. The molecule has 0 bridgehead atoms. The van der Waals surface area contributed by atoms with E-state index in [1.165, 1.54) is 12.1 Å². The Morgan fingerprint density at radius 2 is 2.17 bits per heavy atom. The Bertz CT molecular complexity index is 442. The third-order valence-corrected chi connectivity index (χ3v) is 2.44. The Balaban J connectivity index is 2.56. The molecule has 1 aromatic rings. The van der Waals surface area contributed by atoms with Crippen molar-refractivity contribution < 1.29 is 14.3 Å². The Kier molecular flexibility index (Phi) is 4.67. The molecular formula is C13H19NO4. The molecule has 1 aromatic heterocycles. The predicted molar refractivity (Wildman–Crippen MR) is 67.4 cm³/mol.